The Labute approximate surface area is 94.9 Å². The van der Waals surface area contributed by atoms with Crippen molar-refractivity contribution in [2.45, 2.75) is 31.1 Å². The van der Waals surface area contributed by atoms with Crippen LogP contribution in [0.25, 0.3) is 4.96 Å². The van der Waals surface area contributed by atoms with E-state index in [0.717, 1.165) is 12.8 Å². The van der Waals surface area contributed by atoms with Gasteiger partial charge in [-0.05, 0) is 12.8 Å². The summed E-state index contributed by atoms with van der Waals surface area (Å²) in [5, 5.41) is 21.5. The number of aliphatic carboxylic acids is 1. The maximum atomic E-state index is 11.5. The van der Waals surface area contributed by atoms with Crippen LogP contribution in [0.4, 0.5) is 0 Å². The Morgan fingerprint density at radius 2 is 2.19 bits per heavy atom. The van der Waals surface area contributed by atoms with E-state index in [-0.39, 0.29) is 0 Å². The standard InChI is InChI=1S/C9H10N4O2S/c14-7(15)9(3-1-2-4-9)6-11-12-8-13(6)10-5-16-8/h5H,1-4H2,(H,14,15). The molecule has 0 bridgehead atoms. The van der Waals surface area contributed by atoms with E-state index in [1.807, 2.05) is 0 Å². The average molecular weight is 238 g/mol. The number of fused-ring (bicyclic) bond motifs is 1. The van der Waals surface area contributed by atoms with E-state index in [2.05, 4.69) is 15.3 Å². The number of hydrogen-bond donors (Lipinski definition) is 1. The third kappa shape index (κ3) is 1.12. The molecular weight excluding hydrogens is 228 g/mol. The highest BCUT2D eigenvalue weighted by Gasteiger charge is 2.47. The molecule has 0 spiro atoms. The number of aromatic nitrogens is 4. The van der Waals surface area contributed by atoms with Crippen molar-refractivity contribution >= 4 is 22.3 Å². The van der Waals surface area contributed by atoms with Crippen LogP contribution in [0.2, 0.25) is 0 Å². The summed E-state index contributed by atoms with van der Waals surface area (Å²) >= 11 is 1.36. The first kappa shape index (κ1) is 9.71. The largest absolute Gasteiger partial charge is 0.480 e. The number of carboxylic acid groups (broad SMARTS) is 1. The Bertz CT molecular complexity index is 540. The number of carboxylic acids is 1. The van der Waals surface area contributed by atoms with Crippen LogP contribution in [-0.2, 0) is 10.2 Å². The van der Waals surface area contributed by atoms with Gasteiger partial charge in [-0.2, -0.15) is 9.61 Å². The fourth-order valence-electron chi connectivity index (χ4n) is 2.37. The first-order valence-corrected chi connectivity index (χ1v) is 6.01. The van der Waals surface area contributed by atoms with Crippen LogP contribution < -0.4 is 0 Å². The van der Waals surface area contributed by atoms with Gasteiger partial charge in [0, 0.05) is 0 Å². The normalized spacial score (nSPS) is 19.2. The molecule has 1 fully saturated rings. The van der Waals surface area contributed by atoms with Crippen LogP contribution in [0.5, 0.6) is 0 Å². The van der Waals surface area contributed by atoms with Gasteiger partial charge in [-0.15, -0.1) is 10.2 Å². The van der Waals surface area contributed by atoms with Crippen molar-refractivity contribution in [2.24, 2.45) is 0 Å². The molecule has 7 heteroatoms. The first-order chi connectivity index (χ1) is 7.74. The topological polar surface area (TPSA) is 80.4 Å². The molecule has 1 aliphatic carbocycles. The van der Waals surface area contributed by atoms with E-state index < -0.39 is 11.4 Å². The molecule has 3 rings (SSSR count). The van der Waals surface area contributed by atoms with Crippen LogP contribution in [0.15, 0.2) is 5.51 Å². The van der Waals surface area contributed by atoms with Gasteiger partial charge in [0.05, 0.1) is 0 Å². The lowest BCUT2D eigenvalue weighted by molar-refractivity contribution is -0.144. The smallest absolute Gasteiger partial charge is 0.317 e. The zero-order valence-electron chi connectivity index (χ0n) is 8.46. The molecule has 0 amide bonds. The number of carbonyl (C=O) groups is 1. The highest BCUT2D eigenvalue weighted by atomic mass is 32.1. The second-order valence-corrected chi connectivity index (χ2v) is 4.86. The van der Waals surface area contributed by atoms with Crippen molar-refractivity contribution in [3.05, 3.63) is 11.3 Å². The molecule has 0 radical (unpaired) electrons. The van der Waals surface area contributed by atoms with Crippen molar-refractivity contribution < 1.29 is 9.90 Å². The Morgan fingerprint density at radius 1 is 1.44 bits per heavy atom. The highest BCUT2D eigenvalue weighted by Crippen LogP contribution is 2.40. The molecule has 0 unspecified atom stereocenters. The van der Waals surface area contributed by atoms with E-state index in [1.54, 1.807) is 10.0 Å². The molecule has 2 aromatic rings. The Kier molecular flexibility index (Phi) is 1.97. The number of rotatable bonds is 2. The van der Waals surface area contributed by atoms with Crippen LogP contribution in [0.1, 0.15) is 31.5 Å². The van der Waals surface area contributed by atoms with Gasteiger partial charge in [0.2, 0.25) is 4.96 Å². The predicted molar refractivity (Wildman–Crippen MR) is 56.4 cm³/mol. The zero-order chi connectivity index (χ0) is 11.2. The van der Waals surface area contributed by atoms with Crippen LogP contribution >= 0.6 is 11.3 Å². The van der Waals surface area contributed by atoms with Gasteiger partial charge in [0.1, 0.15) is 10.9 Å². The summed E-state index contributed by atoms with van der Waals surface area (Å²) in [6.45, 7) is 0. The molecule has 0 atom stereocenters. The van der Waals surface area contributed by atoms with E-state index in [4.69, 9.17) is 0 Å². The minimum atomic E-state index is -0.881. The SMILES string of the molecule is O=C(O)C1(c2nnc3scnn23)CCCC1. The van der Waals surface area contributed by atoms with Crippen molar-refractivity contribution in [3.8, 4) is 0 Å². The van der Waals surface area contributed by atoms with Gasteiger partial charge < -0.3 is 5.11 Å². The second-order valence-electron chi connectivity index (χ2n) is 4.05. The minimum absolute atomic E-state index is 0.480. The Balaban J connectivity index is 2.21. The predicted octanol–water partition coefficient (Wildman–Crippen LogP) is 1.08. The lowest BCUT2D eigenvalue weighted by atomic mass is 9.85. The molecular formula is C9H10N4O2S. The Morgan fingerprint density at radius 3 is 2.88 bits per heavy atom. The van der Waals surface area contributed by atoms with Crippen molar-refractivity contribution in [2.75, 3.05) is 0 Å². The van der Waals surface area contributed by atoms with Crippen molar-refractivity contribution in [1.82, 2.24) is 19.8 Å². The summed E-state index contributed by atoms with van der Waals surface area (Å²) in [5.41, 5.74) is 0.769. The van der Waals surface area contributed by atoms with Crippen LogP contribution in [0, 0.1) is 0 Å². The molecule has 1 N–H and O–H groups in total. The zero-order valence-corrected chi connectivity index (χ0v) is 9.27. The fraction of sp³-hybridized carbons (Fsp3) is 0.556. The molecule has 0 saturated heterocycles. The van der Waals surface area contributed by atoms with Gasteiger partial charge >= 0.3 is 5.97 Å². The van der Waals surface area contributed by atoms with Gasteiger partial charge in [0.15, 0.2) is 5.82 Å². The molecule has 84 valence electrons. The van der Waals surface area contributed by atoms with Crippen molar-refractivity contribution in [1.29, 1.82) is 0 Å². The van der Waals surface area contributed by atoms with E-state index in [1.165, 1.54) is 11.3 Å². The quantitative estimate of drug-likeness (QED) is 0.846. The molecule has 1 aliphatic rings. The molecule has 6 nitrogen and oxygen atoms in total. The van der Waals surface area contributed by atoms with Crippen molar-refractivity contribution in [3.63, 3.8) is 0 Å². The van der Waals surface area contributed by atoms with Gasteiger partial charge in [0.25, 0.3) is 0 Å². The third-order valence-corrected chi connectivity index (χ3v) is 3.89. The fourth-order valence-corrected chi connectivity index (χ4v) is 2.93. The summed E-state index contributed by atoms with van der Waals surface area (Å²) in [4.78, 5) is 12.1. The highest BCUT2D eigenvalue weighted by molar-refractivity contribution is 7.14. The number of hydrogen-bond acceptors (Lipinski definition) is 5. The average Bonchev–Trinajstić information content (AvgIpc) is 2.93. The summed E-state index contributed by atoms with van der Waals surface area (Å²) in [5.74, 6) is -0.332. The lowest BCUT2D eigenvalue weighted by Gasteiger charge is -2.20. The minimum Gasteiger partial charge on any atom is -0.480 e. The van der Waals surface area contributed by atoms with Crippen LogP contribution in [0.3, 0.4) is 0 Å². The molecule has 2 heterocycles. The third-order valence-electron chi connectivity index (χ3n) is 3.23. The number of nitrogens with zero attached hydrogens (tertiary/aromatic N) is 4. The summed E-state index contributed by atoms with van der Waals surface area (Å²) in [6, 6.07) is 0. The second kappa shape index (κ2) is 3.24. The molecule has 16 heavy (non-hydrogen) atoms. The van der Waals surface area contributed by atoms with Crippen LogP contribution in [-0.4, -0.2) is 30.9 Å². The van der Waals surface area contributed by atoms with Gasteiger partial charge in [-0.1, -0.05) is 24.2 Å². The lowest BCUT2D eigenvalue weighted by Crippen LogP contribution is -2.35. The van der Waals surface area contributed by atoms with E-state index in [9.17, 15) is 9.90 Å². The van der Waals surface area contributed by atoms with E-state index in [0.29, 0.717) is 23.6 Å². The maximum absolute atomic E-state index is 11.5. The summed E-state index contributed by atoms with van der Waals surface area (Å²) in [6.07, 6.45) is 3.10. The molecule has 0 aromatic carbocycles. The van der Waals surface area contributed by atoms with Gasteiger partial charge in [-0.25, -0.2) is 0 Å². The first-order valence-electron chi connectivity index (χ1n) is 5.13. The van der Waals surface area contributed by atoms with E-state index >= 15 is 0 Å². The molecule has 0 aliphatic heterocycles. The summed E-state index contributed by atoms with van der Waals surface area (Å²) in [7, 11) is 0. The molecule has 1 saturated carbocycles. The maximum Gasteiger partial charge on any atom is 0.317 e. The summed E-state index contributed by atoms with van der Waals surface area (Å²) < 4.78 is 1.56. The Hall–Kier alpha value is -1.50. The monoisotopic (exact) mass is 238 g/mol. The molecule has 2 aromatic heterocycles. The van der Waals surface area contributed by atoms with Gasteiger partial charge in [-0.3, -0.25) is 4.79 Å².